The van der Waals surface area contributed by atoms with E-state index in [1.54, 1.807) is 18.2 Å². The molecule has 0 aromatic heterocycles. The Hall–Kier alpha value is -1.84. The van der Waals surface area contributed by atoms with Gasteiger partial charge in [-0.1, -0.05) is 13.8 Å². The Morgan fingerprint density at radius 1 is 1.10 bits per heavy atom. The van der Waals surface area contributed by atoms with Crippen LogP contribution in [0.4, 0.5) is 0 Å². The highest BCUT2D eigenvalue weighted by molar-refractivity contribution is 6.09. The maximum Gasteiger partial charge on any atom is 0.173 e. The fourth-order valence-corrected chi connectivity index (χ4v) is 1.92. The van der Waals surface area contributed by atoms with Gasteiger partial charge in [0.25, 0.3) is 0 Å². The van der Waals surface area contributed by atoms with Crippen LogP contribution < -0.4 is 9.47 Å². The number of hydrogen-bond donors (Lipinski definition) is 0. The Kier molecular flexibility index (Phi) is 6.92. The summed E-state index contributed by atoms with van der Waals surface area (Å²) in [5.74, 6) is 0.814. The SMILES string of the molecule is CCOc1ccc(C(=O)CC(=O)C(C)CC)c(OCC)c1. The van der Waals surface area contributed by atoms with Gasteiger partial charge in [0, 0.05) is 12.0 Å². The molecule has 0 aliphatic heterocycles. The molecule has 0 heterocycles. The minimum absolute atomic E-state index is 0.0289. The average Bonchev–Trinajstić information content (AvgIpc) is 2.47. The number of ether oxygens (including phenoxy) is 2. The maximum atomic E-state index is 12.3. The van der Waals surface area contributed by atoms with Crippen LogP contribution in [0.15, 0.2) is 18.2 Å². The average molecular weight is 292 g/mol. The fourth-order valence-electron chi connectivity index (χ4n) is 1.92. The van der Waals surface area contributed by atoms with Crippen molar-refractivity contribution in [1.29, 1.82) is 0 Å². The number of Topliss-reactive ketones (excluding diaryl/α,β-unsaturated/α-hetero) is 2. The topological polar surface area (TPSA) is 52.6 Å². The lowest BCUT2D eigenvalue weighted by atomic mass is 9.96. The minimum atomic E-state index is -0.202. The summed E-state index contributed by atoms with van der Waals surface area (Å²) in [5.41, 5.74) is 0.442. The minimum Gasteiger partial charge on any atom is -0.494 e. The third-order valence-corrected chi connectivity index (χ3v) is 3.36. The van der Waals surface area contributed by atoms with Crippen molar-refractivity contribution in [3.63, 3.8) is 0 Å². The molecule has 0 spiro atoms. The number of ketones is 2. The predicted octanol–water partition coefficient (Wildman–Crippen LogP) is 3.67. The molecule has 1 atom stereocenters. The number of carbonyl (C=O) groups is 2. The molecule has 21 heavy (non-hydrogen) atoms. The zero-order valence-electron chi connectivity index (χ0n) is 13.3. The Morgan fingerprint density at radius 3 is 2.33 bits per heavy atom. The van der Waals surface area contributed by atoms with Gasteiger partial charge >= 0.3 is 0 Å². The van der Waals surface area contributed by atoms with Crippen molar-refractivity contribution in [1.82, 2.24) is 0 Å². The zero-order valence-corrected chi connectivity index (χ0v) is 13.3. The lowest BCUT2D eigenvalue weighted by molar-refractivity contribution is -0.121. The molecule has 116 valence electrons. The van der Waals surface area contributed by atoms with Crippen molar-refractivity contribution in [2.24, 2.45) is 5.92 Å². The third kappa shape index (κ3) is 4.88. The van der Waals surface area contributed by atoms with E-state index in [2.05, 4.69) is 0 Å². The maximum absolute atomic E-state index is 12.3. The van der Waals surface area contributed by atoms with Gasteiger partial charge in [0.1, 0.15) is 17.3 Å². The molecule has 1 aromatic carbocycles. The predicted molar refractivity (Wildman–Crippen MR) is 82.2 cm³/mol. The number of carbonyl (C=O) groups excluding carboxylic acids is 2. The molecule has 0 fully saturated rings. The van der Waals surface area contributed by atoms with Crippen LogP contribution in [-0.2, 0) is 4.79 Å². The molecule has 0 aliphatic rings. The van der Waals surface area contributed by atoms with Crippen LogP contribution in [-0.4, -0.2) is 24.8 Å². The Labute approximate surface area is 126 Å². The Bertz CT molecular complexity index is 494. The zero-order chi connectivity index (χ0) is 15.8. The monoisotopic (exact) mass is 292 g/mol. The van der Waals surface area contributed by atoms with Gasteiger partial charge < -0.3 is 9.47 Å². The summed E-state index contributed by atoms with van der Waals surface area (Å²) in [4.78, 5) is 24.2. The van der Waals surface area contributed by atoms with Crippen LogP contribution >= 0.6 is 0 Å². The lowest BCUT2D eigenvalue weighted by Crippen LogP contribution is -2.16. The first-order chi connectivity index (χ1) is 10.0. The van der Waals surface area contributed by atoms with Crippen LogP contribution in [0.25, 0.3) is 0 Å². The Balaban J connectivity index is 2.94. The summed E-state index contributed by atoms with van der Waals surface area (Å²) in [6.45, 7) is 8.53. The molecule has 1 rings (SSSR count). The summed E-state index contributed by atoms with van der Waals surface area (Å²) >= 11 is 0. The molecule has 0 bridgehead atoms. The van der Waals surface area contributed by atoms with Gasteiger partial charge in [-0.2, -0.15) is 0 Å². The van der Waals surface area contributed by atoms with Crippen molar-refractivity contribution in [2.45, 2.75) is 40.5 Å². The Morgan fingerprint density at radius 2 is 1.76 bits per heavy atom. The van der Waals surface area contributed by atoms with Gasteiger partial charge in [-0.05, 0) is 32.4 Å². The van der Waals surface area contributed by atoms with Gasteiger partial charge in [0.05, 0.1) is 25.2 Å². The molecular formula is C17H24O4. The quantitative estimate of drug-likeness (QED) is 0.514. The van der Waals surface area contributed by atoms with E-state index in [1.807, 2.05) is 27.7 Å². The second-order valence-electron chi connectivity index (χ2n) is 4.90. The molecule has 4 nitrogen and oxygen atoms in total. The summed E-state index contributed by atoms with van der Waals surface area (Å²) in [5, 5.41) is 0. The van der Waals surface area contributed by atoms with E-state index in [-0.39, 0.29) is 23.9 Å². The molecule has 1 unspecified atom stereocenters. The van der Waals surface area contributed by atoms with E-state index < -0.39 is 0 Å². The van der Waals surface area contributed by atoms with Crippen molar-refractivity contribution >= 4 is 11.6 Å². The van der Waals surface area contributed by atoms with E-state index in [9.17, 15) is 9.59 Å². The second-order valence-corrected chi connectivity index (χ2v) is 4.90. The van der Waals surface area contributed by atoms with Crippen molar-refractivity contribution in [3.8, 4) is 11.5 Å². The van der Waals surface area contributed by atoms with Gasteiger partial charge in [0.15, 0.2) is 5.78 Å². The smallest absolute Gasteiger partial charge is 0.173 e. The standard InChI is InChI=1S/C17H24O4/c1-5-12(4)15(18)11-16(19)14-9-8-13(20-6-2)10-17(14)21-7-3/h8-10,12H,5-7,11H2,1-4H3. The number of hydrogen-bond acceptors (Lipinski definition) is 4. The van der Waals surface area contributed by atoms with Crippen molar-refractivity contribution < 1.29 is 19.1 Å². The first-order valence-corrected chi connectivity index (χ1v) is 7.48. The summed E-state index contributed by atoms with van der Waals surface area (Å²) in [7, 11) is 0. The van der Waals surface area contributed by atoms with Crippen LogP contribution in [0, 0.1) is 5.92 Å². The van der Waals surface area contributed by atoms with Crippen LogP contribution in [0.1, 0.15) is 50.9 Å². The highest BCUT2D eigenvalue weighted by atomic mass is 16.5. The first kappa shape index (κ1) is 17.2. The molecule has 0 radical (unpaired) electrons. The highest BCUT2D eigenvalue weighted by Gasteiger charge is 2.19. The van der Waals surface area contributed by atoms with E-state index in [0.717, 1.165) is 6.42 Å². The van der Waals surface area contributed by atoms with E-state index in [1.165, 1.54) is 0 Å². The van der Waals surface area contributed by atoms with Crippen LogP contribution in [0.2, 0.25) is 0 Å². The molecular weight excluding hydrogens is 268 g/mol. The van der Waals surface area contributed by atoms with Gasteiger partial charge in [-0.25, -0.2) is 0 Å². The summed E-state index contributed by atoms with van der Waals surface area (Å²) < 4.78 is 10.9. The molecule has 1 aromatic rings. The largest absolute Gasteiger partial charge is 0.494 e. The van der Waals surface area contributed by atoms with E-state index >= 15 is 0 Å². The van der Waals surface area contributed by atoms with Crippen LogP contribution in [0.5, 0.6) is 11.5 Å². The number of rotatable bonds is 9. The second kappa shape index (κ2) is 8.45. The van der Waals surface area contributed by atoms with Gasteiger partial charge in [0.2, 0.25) is 0 Å². The van der Waals surface area contributed by atoms with E-state index in [4.69, 9.17) is 9.47 Å². The fraction of sp³-hybridized carbons (Fsp3) is 0.529. The molecule has 0 amide bonds. The van der Waals surface area contributed by atoms with Crippen molar-refractivity contribution in [3.05, 3.63) is 23.8 Å². The molecule has 0 aliphatic carbocycles. The molecule has 0 saturated carbocycles. The van der Waals surface area contributed by atoms with Crippen LogP contribution in [0.3, 0.4) is 0 Å². The van der Waals surface area contributed by atoms with Gasteiger partial charge in [-0.15, -0.1) is 0 Å². The van der Waals surface area contributed by atoms with E-state index in [0.29, 0.717) is 30.3 Å². The van der Waals surface area contributed by atoms with Gasteiger partial charge in [-0.3, -0.25) is 9.59 Å². The third-order valence-electron chi connectivity index (χ3n) is 3.36. The lowest BCUT2D eigenvalue weighted by Gasteiger charge is -2.12. The highest BCUT2D eigenvalue weighted by Crippen LogP contribution is 2.26. The first-order valence-electron chi connectivity index (χ1n) is 7.48. The van der Waals surface area contributed by atoms with Crippen molar-refractivity contribution in [2.75, 3.05) is 13.2 Å². The molecule has 4 heteroatoms. The summed E-state index contributed by atoms with van der Waals surface area (Å²) in [6.07, 6.45) is 0.663. The molecule has 0 saturated heterocycles. The summed E-state index contributed by atoms with van der Waals surface area (Å²) in [6, 6.07) is 5.10. The number of benzene rings is 1. The molecule has 0 N–H and O–H groups in total. The normalized spacial score (nSPS) is 11.8.